The lowest BCUT2D eigenvalue weighted by molar-refractivity contribution is 0.564. The number of hydrogen-bond donors (Lipinski definition) is 1. The Labute approximate surface area is 92.9 Å². The minimum Gasteiger partial charge on any atom is -0.302 e. The van der Waals surface area contributed by atoms with Crippen molar-refractivity contribution in [3.63, 3.8) is 0 Å². The first kappa shape index (κ1) is 11.3. The molecule has 1 unspecified atom stereocenters. The number of benzene rings is 1. The Kier molecular flexibility index (Phi) is 4.06. The van der Waals surface area contributed by atoms with Gasteiger partial charge in [0.05, 0.1) is 10.0 Å². The molecule has 1 rings (SSSR count). The normalized spacial score (nSPS) is 12.9. The SMILES string of the molecule is CSc1cc(Cl)c(S(=O)O)c(Cl)c1. The molecule has 13 heavy (non-hydrogen) atoms. The van der Waals surface area contributed by atoms with Gasteiger partial charge in [0.1, 0.15) is 4.90 Å². The van der Waals surface area contributed by atoms with Crippen molar-refractivity contribution in [2.24, 2.45) is 0 Å². The van der Waals surface area contributed by atoms with E-state index in [4.69, 9.17) is 27.8 Å². The minimum absolute atomic E-state index is 0.0705. The zero-order chi connectivity index (χ0) is 10.0. The van der Waals surface area contributed by atoms with Crippen molar-refractivity contribution >= 4 is 46.0 Å². The Bertz CT molecular complexity index is 331. The van der Waals surface area contributed by atoms with Crippen molar-refractivity contribution in [2.75, 3.05) is 6.26 Å². The molecule has 1 N–H and O–H groups in total. The van der Waals surface area contributed by atoms with Gasteiger partial charge in [-0.15, -0.1) is 11.8 Å². The molecule has 0 aromatic heterocycles. The van der Waals surface area contributed by atoms with Crippen molar-refractivity contribution in [1.82, 2.24) is 0 Å². The van der Waals surface area contributed by atoms with Crippen LogP contribution in [0.5, 0.6) is 0 Å². The molecule has 2 nitrogen and oxygen atoms in total. The molecular formula is C7H6Cl2O2S2. The maximum absolute atomic E-state index is 10.8. The molecule has 0 saturated carbocycles. The number of rotatable bonds is 2. The van der Waals surface area contributed by atoms with Crippen LogP contribution in [0, 0.1) is 0 Å². The van der Waals surface area contributed by atoms with E-state index >= 15 is 0 Å². The van der Waals surface area contributed by atoms with E-state index in [1.165, 1.54) is 11.8 Å². The highest BCUT2D eigenvalue weighted by atomic mass is 35.5. The molecule has 1 atom stereocenters. The molecule has 0 fully saturated rings. The Morgan fingerprint density at radius 3 is 2.15 bits per heavy atom. The quantitative estimate of drug-likeness (QED) is 0.652. The Morgan fingerprint density at radius 2 is 1.85 bits per heavy atom. The van der Waals surface area contributed by atoms with Gasteiger partial charge in [-0.3, -0.25) is 0 Å². The van der Waals surface area contributed by atoms with E-state index in [0.717, 1.165) is 4.90 Å². The number of halogens is 2. The second-order valence-electron chi connectivity index (χ2n) is 2.17. The lowest BCUT2D eigenvalue weighted by Crippen LogP contribution is -1.91. The third-order valence-corrected chi connectivity index (χ3v) is 3.70. The third kappa shape index (κ3) is 2.60. The van der Waals surface area contributed by atoms with E-state index < -0.39 is 11.1 Å². The van der Waals surface area contributed by atoms with Gasteiger partial charge in [0.15, 0.2) is 11.1 Å². The van der Waals surface area contributed by atoms with Gasteiger partial charge < -0.3 is 4.55 Å². The summed E-state index contributed by atoms with van der Waals surface area (Å²) >= 11 is 10.8. The molecule has 1 aromatic rings. The monoisotopic (exact) mass is 256 g/mol. The van der Waals surface area contributed by atoms with E-state index in [1.807, 2.05) is 6.26 Å². The maximum atomic E-state index is 10.8. The highest BCUT2D eigenvalue weighted by Crippen LogP contribution is 2.32. The molecule has 6 heteroatoms. The smallest absolute Gasteiger partial charge is 0.189 e. The molecule has 0 spiro atoms. The van der Waals surface area contributed by atoms with Gasteiger partial charge in [0.2, 0.25) is 0 Å². The van der Waals surface area contributed by atoms with Gasteiger partial charge in [-0.25, -0.2) is 4.21 Å². The standard InChI is InChI=1S/C7H6Cl2O2S2/c1-12-4-2-5(8)7(13(10)11)6(9)3-4/h2-3H,1H3,(H,10,11). The average molecular weight is 257 g/mol. The molecule has 0 amide bonds. The van der Waals surface area contributed by atoms with Crippen LogP contribution in [-0.4, -0.2) is 15.0 Å². The first-order valence-electron chi connectivity index (χ1n) is 3.20. The fraction of sp³-hybridized carbons (Fsp3) is 0.143. The molecule has 72 valence electrons. The fourth-order valence-corrected chi connectivity index (χ4v) is 2.76. The van der Waals surface area contributed by atoms with Crippen molar-refractivity contribution < 1.29 is 8.76 Å². The van der Waals surface area contributed by atoms with Crippen LogP contribution >= 0.6 is 35.0 Å². The largest absolute Gasteiger partial charge is 0.302 e. The number of thioether (sulfide) groups is 1. The van der Waals surface area contributed by atoms with Crippen LogP contribution in [0.1, 0.15) is 0 Å². The van der Waals surface area contributed by atoms with Gasteiger partial charge in [-0.05, 0) is 18.4 Å². The first-order chi connectivity index (χ1) is 6.06. The average Bonchev–Trinajstić information content (AvgIpc) is 2.02. The summed E-state index contributed by atoms with van der Waals surface area (Å²) in [6, 6.07) is 3.23. The molecule has 0 saturated heterocycles. The van der Waals surface area contributed by atoms with Crippen LogP contribution in [0.15, 0.2) is 21.9 Å². The molecular weight excluding hydrogens is 251 g/mol. The fourth-order valence-electron chi connectivity index (χ4n) is 0.821. The second-order valence-corrected chi connectivity index (χ2v) is 4.77. The summed E-state index contributed by atoms with van der Waals surface area (Å²) in [5.74, 6) is 0. The van der Waals surface area contributed by atoms with Crippen molar-refractivity contribution in [3.8, 4) is 0 Å². The highest BCUT2D eigenvalue weighted by molar-refractivity contribution is 7.98. The summed E-state index contributed by atoms with van der Waals surface area (Å²) in [7, 11) is 0. The summed E-state index contributed by atoms with van der Waals surface area (Å²) in [6.07, 6.45) is 1.87. The zero-order valence-corrected chi connectivity index (χ0v) is 9.73. The van der Waals surface area contributed by atoms with E-state index in [0.29, 0.717) is 0 Å². The van der Waals surface area contributed by atoms with E-state index in [9.17, 15) is 4.21 Å². The van der Waals surface area contributed by atoms with Crippen LogP contribution in [0.3, 0.4) is 0 Å². The van der Waals surface area contributed by atoms with E-state index in [-0.39, 0.29) is 14.9 Å². The molecule has 0 aliphatic rings. The van der Waals surface area contributed by atoms with Gasteiger partial charge in [0.25, 0.3) is 0 Å². The summed E-state index contributed by atoms with van der Waals surface area (Å²) in [6.45, 7) is 0. The molecule has 0 bridgehead atoms. The minimum atomic E-state index is -2.14. The molecule has 0 aliphatic heterocycles. The van der Waals surface area contributed by atoms with Crippen LogP contribution in [0.4, 0.5) is 0 Å². The Hall–Kier alpha value is 0.260. The third-order valence-electron chi connectivity index (χ3n) is 1.38. The van der Waals surface area contributed by atoms with Crippen molar-refractivity contribution in [2.45, 2.75) is 9.79 Å². The molecule has 0 aliphatic carbocycles. The maximum Gasteiger partial charge on any atom is 0.189 e. The predicted molar refractivity (Wildman–Crippen MR) is 57.3 cm³/mol. The Balaban J connectivity index is 3.31. The lowest BCUT2D eigenvalue weighted by atomic mass is 10.3. The lowest BCUT2D eigenvalue weighted by Gasteiger charge is -2.04. The summed E-state index contributed by atoms with van der Waals surface area (Å²) < 4.78 is 19.6. The van der Waals surface area contributed by atoms with Gasteiger partial charge >= 0.3 is 0 Å². The van der Waals surface area contributed by atoms with Gasteiger partial charge in [-0.1, -0.05) is 23.2 Å². The summed E-state index contributed by atoms with van der Waals surface area (Å²) in [5, 5.41) is 0.440. The van der Waals surface area contributed by atoms with Crippen LogP contribution in [0.2, 0.25) is 10.0 Å². The molecule has 0 radical (unpaired) electrons. The van der Waals surface area contributed by atoms with Crippen molar-refractivity contribution in [1.29, 1.82) is 0 Å². The Morgan fingerprint density at radius 1 is 1.38 bits per heavy atom. The van der Waals surface area contributed by atoms with E-state index in [1.54, 1.807) is 12.1 Å². The summed E-state index contributed by atoms with van der Waals surface area (Å²) in [5.41, 5.74) is 0. The molecule has 0 heterocycles. The van der Waals surface area contributed by atoms with Crippen LogP contribution in [0.25, 0.3) is 0 Å². The highest BCUT2D eigenvalue weighted by Gasteiger charge is 2.12. The zero-order valence-electron chi connectivity index (χ0n) is 6.58. The van der Waals surface area contributed by atoms with Gasteiger partial charge in [0, 0.05) is 4.90 Å². The van der Waals surface area contributed by atoms with Crippen molar-refractivity contribution in [3.05, 3.63) is 22.2 Å². The topological polar surface area (TPSA) is 37.3 Å². The number of hydrogen-bond acceptors (Lipinski definition) is 2. The second kappa shape index (κ2) is 4.66. The van der Waals surface area contributed by atoms with Gasteiger partial charge in [-0.2, -0.15) is 0 Å². The first-order valence-corrected chi connectivity index (χ1v) is 6.29. The van der Waals surface area contributed by atoms with E-state index in [2.05, 4.69) is 0 Å². The van der Waals surface area contributed by atoms with Crippen LogP contribution < -0.4 is 0 Å². The van der Waals surface area contributed by atoms with Crippen LogP contribution in [-0.2, 0) is 11.1 Å². The predicted octanol–water partition coefficient (Wildman–Crippen LogP) is 3.30. The molecule has 1 aromatic carbocycles. The summed E-state index contributed by atoms with van der Waals surface area (Å²) in [4.78, 5) is 0.935.